The van der Waals surface area contributed by atoms with Crippen LogP contribution in [0.5, 0.6) is 0 Å². The summed E-state index contributed by atoms with van der Waals surface area (Å²) >= 11 is 7.74. The second-order valence-electron chi connectivity index (χ2n) is 5.78. The maximum absolute atomic E-state index is 13.7. The Balaban J connectivity index is 2.18. The molecule has 3 rings (SSSR count). The molecule has 0 bridgehead atoms. The van der Waals surface area contributed by atoms with E-state index in [1.165, 1.54) is 22.9 Å². The van der Waals surface area contributed by atoms with Crippen molar-refractivity contribution in [2.45, 2.75) is 12.1 Å². The van der Waals surface area contributed by atoms with E-state index in [0.717, 1.165) is 4.90 Å². The molecule has 10 heteroatoms. The molecule has 0 saturated carbocycles. The first-order valence-corrected chi connectivity index (χ1v) is 8.62. The van der Waals surface area contributed by atoms with Crippen LogP contribution in [-0.4, -0.2) is 45.8 Å². The Kier molecular flexibility index (Phi) is 4.89. The fourth-order valence-corrected chi connectivity index (χ4v) is 3.82. The van der Waals surface area contributed by atoms with Crippen molar-refractivity contribution < 1.29 is 23.1 Å². The molecule has 1 amide bonds. The molecule has 134 valence electrons. The van der Waals surface area contributed by atoms with E-state index in [4.69, 9.17) is 11.6 Å². The molecule has 0 unspecified atom stereocenters. The van der Waals surface area contributed by atoms with Gasteiger partial charge in [0.05, 0.1) is 27.4 Å². The van der Waals surface area contributed by atoms with Gasteiger partial charge < -0.3 is 5.11 Å². The topological polar surface area (TPSA) is 58.4 Å². The monoisotopic (exact) mass is 485 g/mol. The van der Waals surface area contributed by atoms with E-state index in [0.29, 0.717) is 20.5 Å². The Morgan fingerprint density at radius 1 is 1.40 bits per heavy atom. The number of rotatable bonds is 3. The Morgan fingerprint density at radius 3 is 2.64 bits per heavy atom. The fourth-order valence-electron chi connectivity index (χ4n) is 2.82. The van der Waals surface area contributed by atoms with Crippen molar-refractivity contribution in [2.75, 3.05) is 19.9 Å². The Bertz CT molecular complexity index is 842. The Morgan fingerprint density at radius 2 is 2.08 bits per heavy atom. The molecule has 0 atom stereocenters. The largest absolute Gasteiger partial charge is 0.465 e. The van der Waals surface area contributed by atoms with Gasteiger partial charge in [-0.25, -0.2) is 18.0 Å². The van der Waals surface area contributed by atoms with Gasteiger partial charge >= 0.3 is 6.09 Å². The van der Waals surface area contributed by atoms with E-state index in [9.17, 15) is 23.1 Å². The van der Waals surface area contributed by atoms with Crippen LogP contribution in [0, 0.1) is 9.39 Å². The summed E-state index contributed by atoms with van der Waals surface area (Å²) in [4.78, 5) is 12.3. The van der Waals surface area contributed by atoms with Gasteiger partial charge in [-0.1, -0.05) is 11.6 Å². The molecule has 2 heterocycles. The molecule has 1 aromatic carbocycles. The highest BCUT2D eigenvalue weighted by molar-refractivity contribution is 14.1. The number of benzene rings is 1. The van der Waals surface area contributed by atoms with Crippen LogP contribution in [-0.2, 0) is 12.1 Å². The SMILES string of the molecule is O=C(O)N1Cc2c(I)c(-c3ccc(F)c(Cl)c3)nn2C(CF)(CF)C1. The maximum atomic E-state index is 13.7. The van der Waals surface area contributed by atoms with E-state index in [-0.39, 0.29) is 18.1 Å². The Hall–Kier alpha value is -1.49. The van der Waals surface area contributed by atoms with E-state index in [1.807, 2.05) is 22.6 Å². The summed E-state index contributed by atoms with van der Waals surface area (Å²) in [5.41, 5.74) is -0.476. The molecule has 1 aromatic heterocycles. The van der Waals surface area contributed by atoms with Crippen LogP contribution in [0.1, 0.15) is 5.69 Å². The lowest BCUT2D eigenvalue weighted by atomic mass is 10.00. The van der Waals surface area contributed by atoms with Crippen molar-refractivity contribution in [3.63, 3.8) is 0 Å². The third kappa shape index (κ3) is 2.97. The number of carbonyl (C=O) groups is 1. The number of amides is 1. The highest BCUT2D eigenvalue weighted by Gasteiger charge is 2.44. The number of alkyl halides is 2. The lowest BCUT2D eigenvalue weighted by Gasteiger charge is -2.39. The molecule has 0 fully saturated rings. The van der Waals surface area contributed by atoms with Crippen LogP contribution in [0.25, 0.3) is 11.3 Å². The van der Waals surface area contributed by atoms with Gasteiger partial charge in [0.1, 0.15) is 30.4 Å². The van der Waals surface area contributed by atoms with Crippen molar-refractivity contribution >= 4 is 40.3 Å². The van der Waals surface area contributed by atoms with Gasteiger partial charge in [-0.05, 0) is 40.8 Å². The molecule has 5 nitrogen and oxygen atoms in total. The third-order valence-electron chi connectivity index (χ3n) is 4.15. The first-order valence-electron chi connectivity index (χ1n) is 7.16. The fraction of sp³-hybridized carbons (Fsp3) is 0.333. The highest BCUT2D eigenvalue weighted by Crippen LogP contribution is 2.36. The van der Waals surface area contributed by atoms with E-state index < -0.39 is 30.8 Å². The zero-order chi connectivity index (χ0) is 18.4. The smallest absolute Gasteiger partial charge is 0.407 e. The van der Waals surface area contributed by atoms with Crippen molar-refractivity contribution in [1.29, 1.82) is 0 Å². The van der Waals surface area contributed by atoms with Gasteiger partial charge in [0.25, 0.3) is 0 Å². The number of hydrogen-bond donors (Lipinski definition) is 1. The first-order chi connectivity index (χ1) is 11.8. The summed E-state index contributed by atoms with van der Waals surface area (Å²) in [6.07, 6.45) is -1.26. The molecule has 1 aliphatic rings. The van der Waals surface area contributed by atoms with Crippen LogP contribution < -0.4 is 0 Å². The lowest BCUT2D eigenvalue weighted by Crippen LogP contribution is -2.55. The maximum Gasteiger partial charge on any atom is 0.407 e. The quantitative estimate of drug-likeness (QED) is 0.667. The van der Waals surface area contributed by atoms with Gasteiger partial charge in [-0.15, -0.1) is 0 Å². The number of nitrogens with zero attached hydrogens (tertiary/aromatic N) is 3. The van der Waals surface area contributed by atoms with E-state index >= 15 is 0 Å². The van der Waals surface area contributed by atoms with Gasteiger partial charge in [-0.2, -0.15) is 5.10 Å². The molecule has 0 saturated heterocycles. The number of fused-ring (bicyclic) bond motifs is 1. The third-order valence-corrected chi connectivity index (χ3v) is 5.58. The number of hydrogen-bond acceptors (Lipinski definition) is 2. The molecule has 1 aliphatic heterocycles. The second-order valence-corrected chi connectivity index (χ2v) is 7.27. The molecular weight excluding hydrogens is 474 g/mol. The van der Waals surface area contributed by atoms with Crippen molar-refractivity contribution in [3.8, 4) is 11.3 Å². The first kappa shape index (κ1) is 18.3. The second kappa shape index (κ2) is 6.67. The molecule has 0 spiro atoms. The number of halogens is 5. The van der Waals surface area contributed by atoms with Crippen molar-refractivity contribution in [2.24, 2.45) is 0 Å². The standard InChI is InChI=1S/C15H12ClF3IN3O2/c16-9-3-8(1-2-10(9)19)13-12(20)11-4-22(14(24)25)7-15(5-17,6-18)23(11)21-13/h1-3H,4-7H2,(H,24,25). The lowest BCUT2D eigenvalue weighted by molar-refractivity contribution is 0.0483. The molecule has 0 aliphatic carbocycles. The summed E-state index contributed by atoms with van der Waals surface area (Å²) in [5.74, 6) is -0.594. The zero-order valence-corrected chi connectivity index (χ0v) is 15.6. The Labute approximate surface area is 159 Å². The minimum atomic E-state index is -1.71. The molecule has 2 aromatic rings. The van der Waals surface area contributed by atoms with Gasteiger partial charge in [0.2, 0.25) is 0 Å². The van der Waals surface area contributed by atoms with Crippen molar-refractivity contribution in [1.82, 2.24) is 14.7 Å². The zero-order valence-electron chi connectivity index (χ0n) is 12.6. The minimum absolute atomic E-state index is 0.0444. The summed E-state index contributed by atoms with van der Waals surface area (Å²) < 4.78 is 42.6. The highest BCUT2D eigenvalue weighted by atomic mass is 127. The molecular formula is C15H12ClF3IN3O2. The summed E-state index contributed by atoms with van der Waals surface area (Å²) in [7, 11) is 0. The molecule has 0 radical (unpaired) electrons. The minimum Gasteiger partial charge on any atom is -0.465 e. The van der Waals surface area contributed by atoms with Crippen LogP contribution >= 0.6 is 34.2 Å². The van der Waals surface area contributed by atoms with Crippen LogP contribution in [0.2, 0.25) is 5.02 Å². The van der Waals surface area contributed by atoms with Gasteiger partial charge in [0.15, 0.2) is 0 Å². The average Bonchev–Trinajstić information content (AvgIpc) is 2.94. The van der Waals surface area contributed by atoms with Crippen LogP contribution in [0.3, 0.4) is 0 Å². The van der Waals surface area contributed by atoms with E-state index in [2.05, 4.69) is 5.10 Å². The summed E-state index contributed by atoms with van der Waals surface area (Å²) in [5, 5.41) is 13.5. The van der Waals surface area contributed by atoms with Gasteiger partial charge in [-0.3, -0.25) is 9.58 Å². The molecule has 25 heavy (non-hydrogen) atoms. The summed E-state index contributed by atoms with van der Waals surface area (Å²) in [6.45, 7) is -2.61. The normalized spacial score (nSPS) is 16.0. The van der Waals surface area contributed by atoms with Crippen molar-refractivity contribution in [3.05, 3.63) is 38.3 Å². The van der Waals surface area contributed by atoms with E-state index in [1.54, 1.807) is 0 Å². The van der Waals surface area contributed by atoms with Crippen LogP contribution in [0.15, 0.2) is 18.2 Å². The number of carboxylic acid groups (broad SMARTS) is 1. The average molecular weight is 486 g/mol. The van der Waals surface area contributed by atoms with Crippen LogP contribution in [0.4, 0.5) is 18.0 Å². The van der Waals surface area contributed by atoms with Gasteiger partial charge in [0, 0.05) is 5.56 Å². The summed E-state index contributed by atoms with van der Waals surface area (Å²) in [6, 6.07) is 4.00. The predicted molar refractivity (Wildman–Crippen MR) is 93.7 cm³/mol. The number of aromatic nitrogens is 2. The predicted octanol–water partition coefficient (Wildman–Crippen LogP) is 4.08. The molecule has 1 N–H and O–H groups in total.